The number of amides is 1. The van der Waals surface area contributed by atoms with Crippen LogP contribution in [0.2, 0.25) is 0 Å². The lowest BCUT2D eigenvalue weighted by Crippen LogP contribution is -2.34. The van der Waals surface area contributed by atoms with Crippen molar-refractivity contribution < 1.29 is 4.79 Å². The van der Waals surface area contributed by atoms with Crippen LogP contribution in [0.4, 0.5) is 5.69 Å². The number of nitrogens with zero attached hydrogens (tertiary/aromatic N) is 1. The molecular weight excluding hydrogens is 402 g/mol. The van der Waals surface area contributed by atoms with Gasteiger partial charge in [0.25, 0.3) is 5.91 Å². The van der Waals surface area contributed by atoms with Crippen LogP contribution in [0, 0.1) is 0 Å². The molecule has 0 aliphatic carbocycles. The number of hydrogen-bond donors (Lipinski definition) is 2. The Bertz CT molecular complexity index is 808. The monoisotopic (exact) mass is 427 g/mol. The van der Waals surface area contributed by atoms with E-state index in [1.165, 1.54) is 5.56 Å². The number of allylic oxidation sites excluding steroid dienone is 1. The molecule has 0 bridgehead atoms. The molecule has 27 heavy (non-hydrogen) atoms. The first kappa shape index (κ1) is 20.9. The molecule has 0 aliphatic rings. The first-order chi connectivity index (χ1) is 12.8. The molecule has 2 aromatic carbocycles. The van der Waals surface area contributed by atoms with Crippen LogP contribution in [0.3, 0.4) is 0 Å². The first-order valence-corrected chi connectivity index (χ1v) is 9.77. The smallest absolute Gasteiger partial charge is 0.262 e. The average Bonchev–Trinajstić information content (AvgIpc) is 2.64. The summed E-state index contributed by atoms with van der Waals surface area (Å²) in [5, 5.41) is 7.19. The van der Waals surface area contributed by atoms with E-state index in [0.717, 1.165) is 21.3 Å². The third-order valence-electron chi connectivity index (χ3n) is 4.06. The lowest BCUT2D eigenvalue weighted by Gasteiger charge is -2.13. The Morgan fingerprint density at radius 2 is 1.67 bits per heavy atom. The Labute approximate surface area is 169 Å². The molecule has 1 atom stereocenters. The van der Waals surface area contributed by atoms with Crippen LogP contribution in [0.5, 0.6) is 0 Å². The zero-order chi connectivity index (χ0) is 19.8. The fraction of sp³-hybridized carbons (Fsp3) is 0.273. The molecule has 0 aliphatic heterocycles. The second kappa shape index (κ2) is 10.1. The molecule has 5 heteroatoms. The van der Waals surface area contributed by atoms with E-state index in [4.69, 9.17) is 0 Å². The van der Waals surface area contributed by atoms with Crippen molar-refractivity contribution in [1.29, 1.82) is 0 Å². The van der Waals surface area contributed by atoms with Crippen molar-refractivity contribution in [2.45, 2.75) is 39.7 Å². The minimum Gasteiger partial charge on any atom is -0.374 e. The molecule has 2 N–H and O–H groups in total. The molecule has 0 unspecified atom stereocenters. The molecule has 0 heterocycles. The molecule has 0 saturated carbocycles. The van der Waals surface area contributed by atoms with Crippen LogP contribution in [0.15, 0.2) is 63.7 Å². The minimum atomic E-state index is -0.392. The van der Waals surface area contributed by atoms with Crippen LogP contribution in [0.25, 0.3) is 6.08 Å². The SMILES string of the molecule is C/C(C=NNC(=O)[C@H](C)Nc1ccc(Br)cc1)=C\c1ccc(C(C)C)cc1. The van der Waals surface area contributed by atoms with Crippen molar-refractivity contribution >= 4 is 39.8 Å². The minimum absolute atomic E-state index is 0.191. The lowest BCUT2D eigenvalue weighted by atomic mass is 10.0. The molecule has 0 radical (unpaired) electrons. The topological polar surface area (TPSA) is 53.5 Å². The van der Waals surface area contributed by atoms with Gasteiger partial charge in [0, 0.05) is 10.2 Å². The number of hydrazone groups is 1. The van der Waals surface area contributed by atoms with Crippen molar-refractivity contribution in [3.05, 3.63) is 69.7 Å². The van der Waals surface area contributed by atoms with E-state index in [2.05, 4.69) is 69.9 Å². The summed E-state index contributed by atoms with van der Waals surface area (Å²) in [5.41, 5.74) is 6.84. The normalized spacial score (nSPS) is 13.0. The molecular formula is C22H26BrN3O. The van der Waals surface area contributed by atoms with Gasteiger partial charge < -0.3 is 5.32 Å². The molecule has 2 aromatic rings. The van der Waals surface area contributed by atoms with Gasteiger partial charge in [0.15, 0.2) is 0 Å². The van der Waals surface area contributed by atoms with Crippen LogP contribution in [-0.2, 0) is 4.79 Å². The van der Waals surface area contributed by atoms with Crippen molar-refractivity contribution in [3.8, 4) is 0 Å². The number of halogens is 1. The molecule has 142 valence electrons. The summed E-state index contributed by atoms with van der Waals surface area (Å²) in [6, 6.07) is 15.7. The quantitative estimate of drug-likeness (QED) is 0.447. The van der Waals surface area contributed by atoms with Gasteiger partial charge in [-0.25, -0.2) is 5.43 Å². The van der Waals surface area contributed by atoms with E-state index in [0.29, 0.717) is 5.92 Å². The fourth-order valence-corrected chi connectivity index (χ4v) is 2.70. The second-order valence-corrected chi connectivity index (χ2v) is 7.73. The van der Waals surface area contributed by atoms with Gasteiger partial charge in [0.1, 0.15) is 6.04 Å². The Kier molecular flexibility index (Phi) is 7.80. The van der Waals surface area contributed by atoms with Crippen molar-refractivity contribution in [2.75, 3.05) is 5.32 Å². The van der Waals surface area contributed by atoms with E-state index in [9.17, 15) is 4.79 Å². The highest BCUT2D eigenvalue weighted by atomic mass is 79.9. The largest absolute Gasteiger partial charge is 0.374 e. The summed E-state index contributed by atoms with van der Waals surface area (Å²) in [7, 11) is 0. The zero-order valence-electron chi connectivity index (χ0n) is 16.2. The third kappa shape index (κ3) is 7.02. The van der Waals surface area contributed by atoms with E-state index in [1.54, 1.807) is 13.1 Å². The molecule has 4 nitrogen and oxygen atoms in total. The number of carbonyl (C=O) groups is 1. The zero-order valence-corrected chi connectivity index (χ0v) is 17.7. The first-order valence-electron chi connectivity index (χ1n) is 8.98. The van der Waals surface area contributed by atoms with Crippen molar-refractivity contribution in [2.24, 2.45) is 5.10 Å². The Morgan fingerprint density at radius 1 is 1.04 bits per heavy atom. The van der Waals surface area contributed by atoms with E-state index in [1.807, 2.05) is 37.3 Å². The predicted molar refractivity (Wildman–Crippen MR) is 118 cm³/mol. The fourth-order valence-electron chi connectivity index (χ4n) is 2.43. The van der Waals surface area contributed by atoms with Crippen molar-refractivity contribution in [3.63, 3.8) is 0 Å². The summed E-state index contributed by atoms with van der Waals surface area (Å²) in [4.78, 5) is 12.1. The summed E-state index contributed by atoms with van der Waals surface area (Å²) in [6.45, 7) is 8.11. The van der Waals surface area contributed by atoms with E-state index >= 15 is 0 Å². The molecule has 0 spiro atoms. The molecule has 0 fully saturated rings. The Hall–Kier alpha value is -2.40. The standard InChI is InChI=1S/C22H26BrN3O/c1-15(2)19-7-5-18(6-8-19)13-16(3)14-24-26-22(27)17(4)25-21-11-9-20(23)10-12-21/h5-15,17,25H,1-4H3,(H,26,27)/b16-13+,24-14?/t17-/m0/s1. The van der Waals surface area contributed by atoms with Gasteiger partial charge in [-0.3, -0.25) is 4.79 Å². The van der Waals surface area contributed by atoms with Gasteiger partial charge in [0.05, 0.1) is 6.21 Å². The molecule has 0 aromatic heterocycles. The summed E-state index contributed by atoms with van der Waals surface area (Å²) in [5.74, 6) is 0.331. The third-order valence-corrected chi connectivity index (χ3v) is 4.59. The van der Waals surface area contributed by atoms with Gasteiger partial charge >= 0.3 is 0 Å². The Morgan fingerprint density at radius 3 is 2.26 bits per heavy atom. The molecule has 2 rings (SSSR count). The van der Waals surface area contributed by atoms with E-state index in [-0.39, 0.29) is 5.91 Å². The number of rotatable bonds is 7. The summed E-state index contributed by atoms with van der Waals surface area (Å²) in [6.07, 6.45) is 3.68. The maximum atomic E-state index is 12.1. The predicted octanol–water partition coefficient (Wildman–Crippen LogP) is 5.58. The highest BCUT2D eigenvalue weighted by molar-refractivity contribution is 9.10. The van der Waals surface area contributed by atoms with Crippen LogP contribution >= 0.6 is 15.9 Å². The van der Waals surface area contributed by atoms with Gasteiger partial charge in [-0.15, -0.1) is 0 Å². The van der Waals surface area contributed by atoms with E-state index < -0.39 is 6.04 Å². The number of nitrogens with one attached hydrogen (secondary N) is 2. The maximum Gasteiger partial charge on any atom is 0.262 e. The second-order valence-electron chi connectivity index (χ2n) is 6.82. The van der Waals surface area contributed by atoms with Gasteiger partial charge in [0.2, 0.25) is 0 Å². The number of hydrogen-bond acceptors (Lipinski definition) is 3. The van der Waals surface area contributed by atoms with Gasteiger partial charge in [-0.2, -0.15) is 5.10 Å². The molecule has 1 amide bonds. The summed E-state index contributed by atoms with van der Waals surface area (Å²) < 4.78 is 0.996. The number of benzene rings is 2. The number of anilines is 1. The van der Waals surface area contributed by atoms with Gasteiger partial charge in [-0.05, 0) is 60.7 Å². The Balaban J connectivity index is 1.87. The highest BCUT2D eigenvalue weighted by Crippen LogP contribution is 2.16. The van der Waals surface area contributed by atoms with Gasteiger partial charge in [-0.1, -0.05) is 60.1 Å². The molecule has 0 saturated heterocycles. The summed E-state index contributed by atoms with van der Waals surface area (Å²) >= 11 is 3.39. The lowest BCUT2D eigenvalue weighted by molar-refractivity contribution is -0.121. The van der Waals surface area contributed by atoms with Crippen LogP contribution in [0.1, 0.15) is 44.7 Å². The number of carbonyl (C=O) groups excluding carboxylic acids is 1. The van der Waals surface area contributed by atoms with Crippen molar-refractivity contribution in [1.82, 2.24) is 5.43 Å². The van der Waals surface area contributed by atoms with Crippen LogP contribution < -0.4 is 10.7 Å². The highest BCUT2D eigenvalue weighted by Gasteiger charge is 2.11. The maximum absolute atomic E-state index is 12.1. The van der Waals surface area contributed by atoms with Crippen LogP contribution in [-0.4, -0.2) is 18.2 Å². The average molecular weight is 428 g/mol.